The molecule has 4 aromatic rings. The molecule has 0 aliphatic heterocycles. The molecule has 2 aromatic carbocycles. The molecule has 2 heterocycles. The Bertz CT molecular complexity index is 1370. The monoisotopic (exact) mass is 482 g/mol. The van der Waals surface area contributed by atoms with Crippen LogP contribution in [0.4, 0.5) is 5.69 Å². The van der Waals surface area contributed by atoms with Gasteiger partial charge in [-0.1, -0.05) is 52.7 Å². The van der Waals surface area contributed by atoms with Crippen LogP contribution >= 0.6 is 23.4 Å². The summed E-state index contributed by atoms with van der Waals surface area (Å²) in [6, 6.07) is 11.5. The fraction of sp³-hybridized carbons (Fsp3) is 0.261. The number of nitrogens with one attached hydrogen (secondary N) is 2. The van der Waals surface area contributed by atoms with E-state index in [9.17, 15) is 9.59 Å². The van der Waals surface area contributed by atoms with Gasteiger partial charge in [-0.05, 0) is 43.5 Å². The van der Waals surface area contributed by atoms with Crippen molar-refractivity contribution in [2.45, 2.75) is 33.1 Å². The van der Waals surface area contributed by atoms with Gasteiger partial charge in [0.2, 0.25) is 5.91 Å². The zero-order valence-corrected chi connectivity index (χ0v) is 20.0. The first kappa shape index (κ1) is 23.0. The molecule has 0 aliphatic rings. The molecule has 0 saturated heterocycles. The Labute approximate surface area is 199 Å². The fourth-order valence-electron chi connectivity index (χ4n) is 3.67. The highest BCUT2D eigenvalue weighted by Crippen LogP contribution is 2.22. The maximum absolute atomic E-state index is 12.5. The van der Waals surface area contributed by atoms with Gasteiger partial charge in [0, 0.05) is 10.7 Å². The minimum absolute atomic E-state index is 0.107. The summed E-state index contributed by atoms with van der Waals surface area (Å²) in [5.41, 5.74) is 5.09. The molecule has 2 aromatic heterocycles. The normalized spacial score (nSPS) is 11.2. The minimum Gasteiger partial charge on any atom is -0.325 e. The van der Waals surface area contributed by atoms with Gasteiger partial charge in [-0.2, -0.15) is 0 Å². The Morgan fingerprint density at radius 3 is 2.64 bits per heavy atom. The first-order chi connectivity index (χ1) is 15.8. The number of fused-ring (bicyclic) bond motifs is 1. The Morgan fingerprint density at radius 2 is 1.91 bits per heavy atom. The van der Waals surface area contributed by atoms with Crippen molar-refractivity contribution < 1.29 is 4.79 Å². The highest BCUT2D eigenvalue weighted by Gasteiger charge is 2.14. The van der Waals surface area contributed by atoms with Gasteiger partial charge in [-0.15, -0.1) is 16.9 Å². The van der Waals surface area contributed by atoms with Crippen molar-refractivity contribution in [3.05, 3.63) is 79.9 Å². The smallest absolute Gasteiger partial charge is 0.281 e. The second kappa shape index (κ2) is 9.76. The van der Waals surface area contributed by atoms with Gasteiger partial charge in [0.15, 0.2) is 11.2 Å². The van der Waals surface area contributed by atoms with E-state index in [-0.39, 0.29) is 22.7 Å². The van der Waals surface area contributed by atoms with Crippen LogP contribution in [0.25, 0.3) is 11.2 Å². The lowest BCUT2D eigenvalue weighted by Crippen LogP contribution is -2.17. The lowest BCUT2D eigenvalue weighted by Gasteiger charge is -2.12. The molecule has 170 valence electrons. The van der Waals surface area contributed by atoms with E-state index >= 15 is 0 Å². The van der Waals surface area contributed by atoms with Crippen molar-refractivity contribution in [1.29, 1.82) is 0 Å². The minimum atomic E-state index is -0.364. The molecule has 2 N–H and O–H groups in total. The summed E-state index contributed by atoms with van der Waals surface area (Å²) in [7, 11) is 0. The number of hydrogen-bond donors (Lipinski definition) is 2. The molecular weight excluding hydrogens is 460 g/mol. The molecule has 0 saturated carbocycles. The number of benzene rings is 2. The van der Waals surface area contributed by atoms with Crippen LogP contribution < -0.4 is 10.9 Å². The van der Waals surface area contributed by atoms with Crippen LogP contribution in [0.15, 0.2) is 41.2 Å². The lowest BCUT2D eigenvalue weighted by molar-refractivity contribution is -0.113. The number of nitrogens with zero attached hydrogens (tertiary/aromatic N) is 4. The van der Waals surface area contributed by atoms with Gasteiger partial charge in [-0.3, -0.25) is 9.59 Å². The molecule has 1 amide bonds. The van der Waals surface area contributed by atoms with E-state index in [4.69, 9.17) is 11.6 Å². The molecule has 10 heteroatoms. The van der Waals surface area contributed by atoms with E-state index in [2.05, 4.69) is 25.6 Å². The van der Waals surface area contributed by atoms with Crippen LogP contribution in [-0.2, 0) is 17.1 Å². The number of hydrogen-bond acceptors (Lipinski definition) is 6. The highest BCUT2D eigenvalue weighted by atomic mass is 35.5. The van der Waals surface area contributed by atoms with E-state index in [1.54, 1.807) is 10.7 Å². The number of carbonyl (C=O) groups is 1. The van der Waals surface area contributed by atoms with Gasteiger partial charge in [0.05, 0.1) is 18.1 Å². The molecule has 0 unspecified atom stereocenters. The summed E-state index contributed by atoms with van der Waals surface area (Å²) in [4.78, 5) is 32.2. The Hall–Kier alpha value is -3.17. The molecule has 0 bridgehead atoms. The van der Waals surface area contributed by atoms with E-state index in [1.807, 2.05) is 51.1 Å². The summed E-state index contributed by atoms with van der Waals surface area (Å²) in [5, 5.41) is 11.6. The summed E-state index contributed by atoms with van der Waals surface area (Å²) in [6.07, 6.45) is 0. The fourth-order valence-corrected chi connectivity index (χ4v) is 4.55. The molecule has 0 spiro atoms. The average Bonchev–Trinajstić information content (AvgIpc) is 3.15. The Balaban J connectivity index is 1.44. The maximum atomic E-state index is 12.5. The average molecular weight is 483 g/mol. The number of rotatable bonds is 7. The van der Waals surface area contributed by atoms with E-state index in [0.717, 1.165) is 27.9 Å². The summed E-state index contributed by atoms with van der Waals surface area (Å²) in [5.74, 6) is 0.938. The van der Waals surface area contributed by atoms with Gasteiger partial charge in [0.25, 0.3) is 5.56 Å². The van der Waals surface area contributed by atoms with E-state index in [1.165, 1.54) is 11.8 Å². The standard InChI is InChI=1S/C23H23ClN6O2S/c1-13-8-14(2)20(15(3)9-13)27-19(31)12-33-11-18-25-22-21(23(32)26-18)28-29-30(22)10-16-6-4-5-7-17(16)24/h4-9H,10-12H2,1-3H3,(H,27,31)(H,25,26,32). The number of anilines is 1. The number of amides is 1. The summed E-state index contributed by atoms with van der Waals surface area (Å²) < 4.78 is 1.55. The van der Waals surface area contributed by atoms with E-state index in [0.29, 0.717) is 28.8 Å². The van der Waals surface area contributed by atoms with Crippen molar-refractivity contribution in [3.8, 4) is 0 Å². The van der Waals surface area contributed by atoms with Gasteiger partial charge in [0.1, 0.15) is 5.82 Å². The number of aryl methyl sites for hydroxylation is 3. The topological polar surface area (TPSA) is 106 Å². The molecule has 0 aliphatic carbocycles. The van der Waals surface area contributed by atoms with Crippen molar-refractivity contribution in [2.75, 3.05) is 11.1 Å². The molecular formula is C23H23ClN6O2S. The zero-order chi connectivity index (χ0) is 23.5. The third-order valence-corrected chi connectivity index (χ3v) is 6.43. The van der Waals surface area contributed by atoms with Crippen molar-refractivity contribution in [2.24, 2.45) is 0 Å². The Kier molecular flexibility index (Phi) is 6.80. The number of halogens is 1. The Morgan fingerprint density at radius 1 is 1.18 bits per heavy atom. The second-order valence-electron chi connectivity index (χ2n) is 7.84. The summed E-state index contributed by atoms with van der Waals surface area (Å²) in [6.45, 7) is 6.33. The molecule has 0 fully saturated rings. The van der Waals surface area contributed by atoms with Crippen molar-refractivity contribution >= 4 is 46.1 Å². The second-order valence-corrected chi connectivity index (χ2v) is 9.23. The van der Waals surface area contributed by atoms with Crippen LogP contribution in [0.2, 0.25) is 5.02 Å². The zero-order valence-electron chi connectivity index (χ0n) is 18.5. The number of carbonyl (C=O) groups excluding carboxylic acids is 1. The maximum Gasteiger partial charge on any atom is 0.281 e. The molecule has 0 radical (unpaired) electrons. The number of thioether (sulfide) groups is 1. The van der Waals surface area contributed by atoms with Gasteiger partial charge in [-0.25, -0.2) is 9.67 Å². The van der Waals surface area contributed by atoms with Crippen LogP contribution in [-0.4, -0.2) is 36.6 Å². The molecule has 8 nitrogen and oxygen atoms in total. The SMILES string of the molecule is Cc1cc(C)c(NC(=O)CSCc2nc3c(nnn3Cc3ccccc3Cl)c(=O)[nH]2)c(C)c1. The van der Waals surface area contributed by atoms with Crippen LogP contribution in [0.3, 0.4) is 0 Å². The van der Waals surface area contributed by atoms with Crippen LogP contribution in [0.1, 0.15) is 28.1 Å². The summed E-state index contributed by atoms with van der Waals surface area (Å²) >= 11 is 7.61. The first-order valence-corrected chi connectivity index (χ1v) is 11.9. The van der Waals surface area contributed by atoms with Crippen molar-refractivity contribution in [3.63, 3.8) is 0 Å². The third-order valence-electron chi connectivity index (χ3n) is 5.11. The molecule has 33 heavy (non-hydrogen) atoms. The highest BCUT2D eigenvalue weighted by molar-refractivity contribution is 7.99. The van der Waals surface area contributed by atoms with Crippen LogP contribution in [0.5, 0.6) is 0 Å². The van der Waals surface area contributed by atoms with Crippen LogP contribution in [0, 0.1) is 20.8 Å². The van der Waals surface area contributed by atoms with Gasteiger partial charge < -0.3 is 10.3 Å². The van der Waals surface area contributed by atoms with Crippen molar-refractivity contribution in [1.82, 2.24) is 25.0 Å². The molecule has 0 atom stereocenters. The lowest BCUT2D eigenvalue weighted by atomic mass is 10.1. The van der Waals surface area contributed by atoms with Gasteiger partial charge >= 0.3 is 0 Å². The van der Waals surface area contributed by atoms with E-state index < -0.39 is 0 Å². The number of aromatic amines is 1. The largest absolute Gasteiger partial charge is 0.325 e. The quantitative estimate of drug-likeness (QED) is 0.412. The molecule has 4 rings (SSSR count). The predicted octanol–water partition coefficient (Wildman–Crippen LogP) is 4.01. The number of aromatic nitrogens is 5. The first-order valence-electron chi connectivity index (χ1n) is 10.3. The predicted molar refractivity (Wildman–Crippen MR) is 132 cm³/mol. The third kappa shape index (κ3) is 5.26. The number of H-pyrrole nitrogens is 1.